The zero-order valence-corrected chi connectivity index (χ0v) is 10.4. The first-order valence-corrected chi connectivity index (χ1v) is 5.54. The molecule has 0 bridgehead atoms. The molecule has 0 radical (unpaired) electrons. The monoisotopic (exact) mass is 267 g/mol. The second-order valence-electron chi connectivity index (χ2n) is 3.73. The molecule has 0 atom stereocenters. The fourth-order valence-electron chi connectivity index (χ4n) is 1.37. The van der Waals surface area contributed by atoms with E-state index in [9.17, 15) is 18.8 Å². The Morgan fingerprint density at radius 3 is 2.32 bits per heavy atom. The molecular formula is C12H14FN3O3. The van der Waals surface area contributed by atoms with E-state index >= 15 is 0 Å². The molecule has 102 valence electrons. The molecule has 0 aliphatic carbocycles. The van der Waals surface area contributed by atoms with Crippen LogP contribution in [0.15, 0.2) is 24.3 Å². The number of carbonyl (C=O) groups excluding carboxylic acids is 3. The maximum atomic E-state index is 12.7. The SMILES string of the molecule is CC(=O)N(CCN)C(=O)C(=O)Nc1ccc(F)cc1. The van der Waals surface area contributed by atoms with Crippen molar-refractivity contribution in [3.63, 3.8) is 0 Å². The summed E-state index contributed by atoms with van der Waals surface area (Å²) in [5, 5.41) is 2.27. The first kappa shape index (κ1) is 14.8. The van der Waals surface area contributed by atoms with Crippen LogP contribution in [0.5, 0.6) is 0 Å². The highest BCUT2D eigenvalue weighted by Gasteiger charge is 2.24. The minimum Gasteiger partial charge on any atom is -0.329 e. The molecule has 0 saturated carbocycles. The Morgan fingerprint density at radius 2 is 1.84 bits per heavy atom. The van der Waals surface area contributed by atoms with Crippen molar-refractivity contribution >= 4 is 23.4 Å². The van der Waals surface area contributed by atoms with E-state index in [1.54, 1.807) is 0 Å². The highest BCUT2D eigenvalue weighted by molar-refractivity contribution is 6.41. The lowest BCUT2D eigenvalue weighted by atomic mass is 10.3. The molecule has 3 amide bonds. The van der Waals surface area contributed by atoms with Crippen molar-refractivity contribution in [3.8, 4) is 0 Å². The molecule has 19 heavy (non-hydrogen) atoms. The largest absolute Gasteiger partial charge is 0.329 e. The molecule has 0 fully saturated rings. The van der Waals surface area contributed by atoms with Gasteiger partial charge in [-0.3, -0.25) is 19.3 Å². The van der Waals surface area contributed by atoms with Crippen LogP contribution in [0.3, 0.4) is 0 Å². The first-order valence-electron chi connectivity index (χ1n) is 5.54. The molecule has 0 saturated heterocycles. The third-order valence-corrected chi connectivity index (χ3v) is 2.27. The third-order valence-electron chi connectivity index (χ3n) is 2.27. The van der Waals surface area contributed by atoms with Gasteiger partial charge in [0.05, 0.1) is 0 Å². The summed E-state index contributed by atoms with van der Waals surface area (Å²) in [4.78, 5) is 35.3. The van der Waals surface area contributed by atoms with E-state index in [2.05, 4.69) is 5.32 Å². The summed E-state index contributed by atoms with van der Waals surface area (Å²) in [7, 11) is 0. The van der Waals surface area contributed by atoms with Gasteiger partial charge in [-0.25, -0.2) is 4.39 Å². The molecule has 1 aromatic carbocycles. The third kappa shape index (κ3) is 4.14. The summed E-state index contributed by atoms with van der Waals surface area (Å²) in [5.74, 6) is -3.00. The summed E-state index contributed by atoms with van der Waals surface area (Å²) in [5.41, 5.74) is 5.52. The van der Waals surface area contributed by atoms with Crippen LogP contribution in [0, 0.1) is 5.82 Å². The van der Waals surface area contributed by atoms with Crippen molar-refractivity contribution in [2.75, 3.05) is 18.4 Å². The second kappa shape index (κ2) is 6.60. The van der Waals surface area contributed by atoms with Gasteiger partial charge in [-0.15, -0.1) is 0 Å². The number of hydrogen-bond donors (Lipinski definition) is 2. The van der Waals surface area contributed by atoms with Gasteiger partial charge in [-0.2, -0.15) is 0 Å². The van der Waals surface area contributed by atoms with Crippen LogP contribution in [0.2, 0.25) is 0 Å². The second-order valence-corrected chi connectivity index (χ2v) is 3.73. The lowest BCUT2D eigenvalue weighted by molar-refractivity contribution is -0.149. The fraction of sp³-hybridized carbons (Fsp3) is 0.250. The number of carbonyl (C=O) groups is 3. The van der Waals surface area contributed by atoms with Crippen molar-refractivity contribution in [1.82, 2.24) is 4.90 Å². The van der Waals surface area contributed by atoms with Crippen LogP contribution in [0.4, 0.5) is 10.1 Å². The topological polar surface area (TPSA) is 92.5 Å². The van der Waals surface area contributed by atoms with E-state index in [0.29, 0.717) is 0 Å². The van der Waals surface area contributed by atoms with E-state index in [1.807, 2.05) is 0 Å². The minimum atomic E-state index is -0.998. The number of hydrogen-bond acceptors (Lipinski definition) is 4. The summed E-state index contributed by atoms with van der Waals surface area (Å²) in [6.07, 6.45) is 0. The number of anilines is 1. The summed E-state index contributed by atoms with van der Waals surface area (Å²) in [6.45, 7) is 1.19. The molecule has 1 rings (SSSR count). The van der Waals surface area contributed by atoms with Crippen LogP contribution >= 0.6 is 0 Å². The number of amides is 3. The van der Waals surface area contributed by atoms with Gasteiger partial charge in [-0.1, -0.05) is 0 Å². The number of nitrogens with one attached hydrogen (secondary N) is 1. The first-order chi connectivity index (χ1) is 8.95. The van der Waals surface area contributed by atoms with E-state index in [0.717, 1.165) is 17.0 Å². The minimum absolute atomic E-state index is 0.0367. The average Bonchev–Trinajstić information content (AvgIpc) is 2.37. The van der Waals surface area contributed by atoms with Gasteiger partial charge < -0.3 is 11.1 Å². The van der Waals surface area contributed by atoms with E-state index in [4.69, 9.17) is 5.73 Å². The molecule has 0 heterocycles. The number of benzene rings is 1. The Bertz CT molecular complexity index is 487. The van der Waals surface area contributed by atoms with Crippen LogP contribution in [-0.2, 0) is 14.4 Å². The van der Waals surface area contributed by atoms with Crippen molar-refractivity contribution in [1.29, 1.82) is 0 Å². The summed E-state index contributed by atoms with van der Waals surface area (Å²) >= 11 is 0. The van der Waals surface area contributed by atoms with Crippen molar-refractivity contribution in [2.24, 2.45) is 5.73 Å². The van der Waals surface area contributed by atoms with Crippen molar-refractivity contribution < 1.29 is 18.8 Å². The molecular weight excluding hydrogens is 253 g/mol. The smallest absolute Gasteiger partial charge is 0.318 e. The Labute approximate surface area is 109 Å². The number of nitrogens with two attached hydrogens (primary N) is 1. The van der Waals surface area contributed by atoms with Crippen molar-refractivity contribution in [3.05, 3.63) is 30.1 Å². The van der Waals surface area contributed by atoms with Crippen LogP contribution < -0.4 is 11.1 Å². The van der Waals surface area contributed by atoms with Gasteiger partial charge >= 0.3 is 11.8 Å². The maximum absolute atomic E-state index is 12.7. The van der Waals surface area contributed by atoms with E-state index in [-0.39, 0.29) is 18.8 Å². The average molecular weight is 267 g/mol. The van der Waals surface area contributed by atoms with Gasteiger partial charge in [0.25, 0.3) is 0 Å². The predicted octanol–water partition coefficient (Wildman–Crippen LogP) is 0.0980. The van der Waals surface area contributed by atoms with Gasteiger partial charge in [0, 0.05) is 25.7 Å². The van der Waals surface area contributed by atoms with Gasteiger partial charge in [0.1, 0.15) is 5.82 Å². The molecule has 0 unspecified atom stereocenters. The molecule has 0 spiro atoms. The number of halogens is 1. The molecule has 6 nitrogen and oxygen atoms in total. The predicted molar refractivity (Wildman–Crippen MR) is 66.5 cm³/mol. The van der Waals surface area contributed by atoms with E-state index < -0.39 is 23.5 Å². The van der Waals surface area contributed by atoms with E-state index in [1.165, 1.54) is 19.1 Å². The van der Waals surface area contributed by atoms with Gasteiger partial charge in [0.15, 0.2) is 0 Å². The molecule has 0 aromatic heterocycles. The lowest BCUT2D eigenvalue weighted by Gasteiger charge is -2.17. The molecule has 7 heteroatoms. The molecule has 0 aliphatic rings. The lowest BCUT2D eigenvalue weighted by Crippen LogP contribution is -2.44. The Kier molecular flexibility index (Phi) is 5.13. The highest BCUT2D eigenvalue weighted by atomic mass is 19.1. The molecule has 0 aliphatic heterocycles. The molecule has 1 aromatic rings. The van der Waals surface area contributed by atoms with Crippen LogP contribution in [-0.4, -0.2) is 35.7 Å². The Hall–Kier alpha value is -2.28. The number of imide groups is 1. The van der Waals surface area contributed by atoms with Crippen LogP contribution in [0.1, 0.15) is 6.92 Å². The standard InChI is InChI=1S/C12H14FN3O3/c1-8(17)16(7-6-14)12(19)11(18)15-10-4-2-9(13)3-5-10/h2-5H,6-7,14H2,1H3,(H,15,18). The Morgan fingerprint density at radius 1 is 1.26 bits per heavy atom. The van der Waals surface area contributed by atoms with Gasteiger partial charge in [0.2, 0.25) is 5.91 Å². The van der Waals surface area contributed by atoms with Gasteiger partial charge in [-0.05, 0) is 24.3 Å². The normalized spacial score (nSPS) is 9.84. The summed E-state index contributed by atoms with van der Waals surface area (Å²) < 4.78 is 12.7. The fourth-order valence-corrected chi connectivity index (χ4v) is 1.37. The molecule has 3 N–H and O–H groups in total. The zero-order valence-electron chi connectivity index (χ0n) is 10.4. The Balaban J connectivity index is 2.73. The number of nitrogens with zero attached hydrogens (tertiary/aromatic N) is 1. The maximum Gasteiger partial charge on any atom is 0.318 e. The quantitative estimate of drug-likeness (QED) is 0.759. The number of rotatable bonds is 3. The van der Waals surface area contributed by atoms with Crippen LogP contribution in [0.25, 0.3) is 0 Å². The summed E-state index contributed by atoms with van der Waals surface area (Å²) in [6, 6.07) is 4.90. The highest BCUT2D eigenvalue weighted by Crippen LogP contribution is 2.08. The zero-order chi connectivity index (χ0) is 14.4. The van der Waals surface area contributed by atoms with Crippen molar-refractivity contribution in [2.45, 2.75) is 6.92 Å².